The molecular weight excluding hydrogens is 208 g/mol. The first-order valence-electron chi connectivity index (χ1n) is 5.14. The molecule has 0 bridgehead atoms. The number of rotatable bonds is 4. The Morgan fingerprint density at radius 2 is 1.80 bits per heavy atom. The summed E-state index contributed by atoms with van der Waals surface area (Å²) in [7, 11) is -1.09. The number of hydrogen-bond donors (Lipinski definition) is 1. The van der Waals surface area contributed by atoms with Crippen molar-refractivity contribution in [3.8, 4) is 0 Å². The van der Waals surface area contributed by atoms with E-state index in [0.29, 0.717) is 5.75 Å². The molecule has 2 atom stereocenters. The first-order chi connectivity index (χ1) is 7.00. The number of aliphatic hydroxyl groups is 1. The molecule has 2 nitrogen and oxygen atoms in total. The molecular formula is C12H18O2S. The first kappa shape index (κ1) is 12.4. The third-order valence-corrected chi connectivity index (χ3v) is 3.82. The highest BCUT2D eigenvalue weighted by Gasteiger charge is 2.14. The van der Waals surface area contributed by atoms with E-state index in [9.17, 15) is 9.32 Å². The van der Waals surface area contributed by atoms with Crippen LogP contribution in [0.2, 0.25) is 0 Å². The Kier molecular flexibility index (Phi) is 4.48. The fourth-order valence-electron chi connectivity index (χ4n) is 1.13. The molecule has 0 radical (unpaired) electrons. The van der Waals surface area contributed by atoms with Crippen molar-refractivity contribution in [2.45, 2.75) is 31.8 Å². The molecule has 3 heteroatoms. The molecule has 1 rings (SSSR count). The third-order valence-electron chi connectivity index (χ3n) is 2.38. The van der Waals surface area contributed by atoms with E-state index in [-0.39, 0.29) is 5.92 Å². The summed E-state index contributed by atoms with van der Waals surface area (Å²) >= 11 is 0. The quantitative estimate of drug-likeness (QED) is 0.854. The lowest BCUT2D eigenvalue weighted by Gasteiger charge is -2.13. The summed E-state index contributed by atoms with van der Waals surface area (Å²) in [5.41, 5.74) is 1.15. The third kappa shape index (κ3) is 3.76. The first-order valence-corrected chi connectivity index (χ1v) is 6.45. The van der Waals surface area contributed by atoms with Gasteiger partial charge in [0.1, 0.15) is 0 Å². The Hall–Kier alpha value is -0.670. The van der Waals surface area contributed by atoms with Gasteiger partial charge in [-0.05, 0) is 25.0 Å². The van der Waals surface area contributed by atoms with Crippen molar-refractivity contribution in [1.82, 2.24) is 0 Å². The van der Waals surface area contributed by atoms with E-state index < -0.39 is 16.9 Å². The van der Waals surface area contributed by atoms with Crippen LogP contribution in [0.5, 0.6) is 0 Å². The van der Waals surface area contributed by atoms with E-state index in [0.717, 1.165) is 10.5 Å². The highest BCUT2D eigenvalue weighted by Crippen LogP contribution is 2.11. The van der Waals surface area contributed by atoms with Gasteiger partial charge in [0.05, 0.1) is 22.7 Å². The second-order valence-corrected chi connectivity index (χ2v) is 5.63. The van der Waals surface area contributed by atoms with Crippen LogP contribution < -0.4 is 0 Å². The Bertz CT molecular complexity index is 330. The van der Waals surface area contributed by atoms with Crippen molar-refractivity contribution in [3.63, 3.8) is 0 Å². The lowest BCUT2D eigenvalue weighted by atomic mass is 10.1. The molecule has 0 aliphatic carbocycles. The van der Waals surface area contributed by atoms with Gasteiger partial charge in [0, 0.05) is 4.90 Å². The van der Waals surface area contributed by atoms with E-state index in [4.69, 9.17) is 0 Å². The largest absolute Gasteiger partial charge is 0.392 e. The molecule has 1 N–H and O–H groups in total. The van der Waals surface area contributed by atoms with Gasteiger partial charge in [0.2, 0.25) is 0 Å². The molecule has 0 saturated heterocycles. The van der Waals surface area contributed by atoms with Gasteiger partial charge >= 0.3 is 0 Å². The molecule has 1 unspecified atom stereocenters. The average molecular weight is 226 g/mol. The van der Waals surface area contributed by atoms with Gasteiger partial charge in [-0.15, -0.1) is 0 Å². The molecule has 0 heterocycles. The molecule has 0 aliphatic rings. The minimum atomic E-state index is -1.09. The topological polar surface area (TPSA) is 37.3 Å². The molecule has 0 amide bonds. The summed E-state index contributed by atoms with van der Waals surface area (Å²) in [6.45, 7) is 5.85. The van der Waals surface area contributed by atoms with Gasteiger partial charge in [-0.3, -0.25) is 4.21 Å². The molecule has 0 spiro atoms. The van der Waals surface area contributed by atoms with Gasteiger partial charge in [-0.2, -0.15) is 0 Å². The minimum absolute atomic E-state index is 0.152. The van der Waals surface area contributed by atoms with Crippen LogP contribution >= 0.6 is 0 Å². The smallest absolute Gasteiger partial charge is 0.0681 e. The van der Waals surface area contributed by atoms with Crippen molar-refractivity contribution in [2.75, 3.05) is 5.75 Å². The zero-order valence-corrected chi connectivity index (χ0v) is 10.3. The van der Waals surface area contributed by atoms with Crippen molar-refractivity contribution >= 4 is 10.8 Å². The number of benzene rings is 1. The second kappa shape index (κ2) is 5.42. The maximum atomic E-state index is 11.8. The summed E-state index contributed by atoms with van der Waals surface area (Å²) in [4.78, 5) is 0.792. The molecule has 84 valence electrons. The van der Waals surface area contributed by atoms with Crippen LogP contribution in [0.1, 0.15) is 19.4 Å². The zero-order chi connectivity index (χ0) is 11.4. The molecule has 0 fully saturated rings. The van der Waals surface area contributed by atoms with Crippen LogP contribution in [-0.2, 0) is 10.8 Å². The van der Waals surface area contributed by atoms with Crippen LogP contribution in [0.15, 0.2) is 29.2 Å². The standard InChI is InChI=1S/C12H18O2S/c1-9(2)12(13)8-15(14)11-6-4-10(3)5-7-11/h4-7,9,12-13H,8H2,1-3H3/t12-,15?/m0/s1. The van der Waals surface area contributed by atoms with Gasteiger partial charge in [0.15, 0.2) is 0 Å². The Labute approximate surface area is 93.8 Å². The molecule has 1 aromatic rings. The van der Waals surface area contributed by atoms with E-state index >= 15 is 0 Å². The maximum Gasteiger partial charge on any atom is 0.0681 e. The van der Waals surface area contributed by atoms with E-state index in [1.54, 1.807) is 0 Å². The highest BCUT2D eigenvalue weighted by molar-refractivity contribution is 7.85. The molecule has 0 saturated carbocycles. The van der Waals surface area contributed by atoms with E-state index in [2.05, 4.69) is 0 Å². The molecule has 0 aromatic heterocycles. The summed E-state index contributed by atoms with van der Waals surface area (Å²) in [5.74, 6) is 0.472. The van der Waals surface area contributed by atoms with Gasteiger partial charge in [0.25, 0.3) is 0 Å². The second-order valence-electron chi connectivity index (χ2n) is 4.14. The predicted octanol–water partition coefficient (Wildman–Crippen LogP) is 2.12. The minimum Gasteiger partial charge on any atom is -0.392 e. The lowest BCUT2D eigenvalue weighted by Crippen LogP contribution is -2.22. The SMILES string of the molecule is Cc1ccc(S(=O)C[C@H](O)C(C)C)cc1. The Morgan fingerprint density at radius 3 is 2.27 bits per heavy atom. The van der Waals surface area contributed by atoms with E-state index in [1.165, 1.54) is 0 Å². The molecule has 1 aromatic carbocycles. The van der Waals surface area contributed by atoms with Gasteiger partial charge in [-0.25, -0.2) is 0 Å². The van der Waals surface area contributed by atoms with Crippen molar-refractivity contribution in [3.05, 3.63) is 29.8 Å². The van der Waals surface area contributed by atoms with E-state index in [1.807, 2.05) is 45.0 Å². The number of hydrogen-bond acceptors (Lipinski definition) is 2. The highest BCUT2D eigenvalue weighted by atomic mass is 32.2. The molecule has 15 heavy (non-hydrogen) atoms. The Balaban J connectivity index is 2.65. The average Bonchev–Trinajstić information content (AvgIpc) is 2.18. The summed E-state index contributed by atoms with van der Waals surface area (Å²) in [5, 5.41) is 9.62. The fraction of sp³-hybridized carbons (Fsp3) is 0.500. The van der Waals surface area contributed by atoms with Crippen molar-refractivity contribution in [1.29, 1.82) is 0 Å². The zero-order valence-electron chi connectivity index (χ0n) is 9.43. The predicted molar refractivity (Wildman–Crippen MR) is 63.3 cm³/mol. The number of aryl methyl sites for hydroxylation is 1. The van der Waals surface area contributed by atoms with Crippen molar-refractivity contribution < 1.29 is 9.32 Å². The number of aliphatic hydroxyl groups excluding tert-OH is 1. The summed E-state index contributed by atoms with van der Waals surface area (Å²) < 4.78 is 11.8. The van der Waals surface area contributed by atoms with Crippen LogP contribution in [0.3, 0.4) is 0 Å². The summed E-state index contributed by atoms with van der Waals surface area (Å²) in [6.07, 6.45) is -0.493. The lowest BCUT2D eigenvalue weighted by molar-refractivity contribution is 0.148. The van der Waals surface area contributed by atoms with Crippen LogP contribution in [0, 0.1) is 12.8 Å². The van der Waals surface area contributed by atoms with Gasteiger partial charge < -0.3 is 5.11 Å². The summed E-state index contributed by atoms with van der Waals surface area (Å²) in [6, 6.07) is 7.60. The molecule has 0 aliphatic heterocycles. The maximum absolute atomic E-state index is 11.8. The van der Waals surface area contributed by atoms with Crippen LogP contribution in [0.25, 0.3) is 0 Å². The fourth-order valence-corrected chi connectivity index (χ4v) is 2.46. The van der Waals surface area contributed by atoms with Gasteiger partial charge in [-0.1, -0.05) is 31.5 Å². The Morgan fingerprint density at radius 1 is 1.27 bits per heavy atom. The van der Waals surface area contributed by atoms with Crippen molar-refractivity contribution in [2.24, 2.45) is 5.92 Å². The normalized spacial score (nSPS) is 15.3. The van der Waals surface area contributed by atoms with Crippen LogP contribution in [0.4, 0.5) is 0 Å². The van der Waals surface area contributed by atoms with Crippen LogP contribution in [-0.4, -0.2) is 21.2 Å². The monoisotopic (exact) mass is 226 g/mol.